The summed E-state index contributed by atoms with van der Waals surface area (Å²) in [6.07, 6.45) is 1.22. The Hall–Kier alpha value is -4.52. The number of nitrogens with zero attached hydrogens (tertiary/aromatic N) is 2. The van der Waals surface area contributed by atoms with Crippen LogP contribution in [0.3, 0.4) is 0 Å². The van der Waals surface area contributed by atoms with Crippen LogP contribution in [0, 0.1) is 15.9 Å². The van der Waals surface area contributed by atoms with Crippen LogP contribution in [0.4, 0.5) is 14.9 Å². The monoisotopic (exact) mass is 573 g/mol. The maximum atomic E-state index is 14.1. The summed E-state index contributed by atoms with van der Waals surface area (Å²) in [5, 5.41) is 14.1. The summed E-state index contributed by atoms with van der Waals surface area (Å²) >= 11 is 3.19. The van der Waals surface area contributed by atoms with Gasteiger partial charge in [0.2, 0.25) is 11.5 Å². The van der Waals surface area contributed by atoms with Gasteiger partial charge in [0.05, 0.1) is 18.6 Å². The van der Waals surface area contributed by atoms with Crippen LogP contribution in [0.1, 0.15) is 27.4 Å². The van der Waals surface area contributed by atoms with Crippen molar-refractivity contribution in [1.82, 2.24) is 10.2 Å². The van der Waals surface area contributed by atoms with Gasteiger partial charge in [0.15, 0.2) is 0 Å². The Bertz CT molecular complexity index is 1450. The number of carbonyl (C=O) groups is 3. The number of hydrogen-bond donors (Lipinski definition) is 1. The van der Waals surface area contributed by atoms with E-state index in [1.807, 2.05) is 0 Å². The molecule has 1 N–H and O–H groups in total. The zero-order valence-corrected chi connectivity index (χ0v) is 20.6. The second kappa shape index (κ2) is 10.6. The maximum Gasteiger partial charge on any atom is 0.373 e. The molecule has 1 aromatic heterocycles. The molecule has 1 aliphatic rings. The number of hydrogen-bond acceptors (Lipinski definition) is 8. The Morgan fingerprint density at radius 3 is 2.70 bits per heavy atom. The SMILES string of the molecule is COC(=O)c1ccc(CN2C(=O)N/C(=C\c3cc(Br)cc([N+](=O)[O-])c3OCc3ccccc3F)C2=O)o1. The summed E-state index contributed by atoms with van der Waals surface area (Å²) in [7, 11) is 1.18. The third-order valence-corrected chi connectivity index (χ3v) is 5.67. The predicted octanol–water partition coefficient (Wildman–Crippen LogP) is 4.55. The van der Waals surface area contributed by atoms with E-state index >= 15 is 0 Å². The van der Waals surface area contributed by atoms with E-state index < -0.39 is 34.3 Å². The van der Waals surface area contributed by atoms with Crippen molar-refractivity contribution in [2.24, 2.45) is 0 Å². The molecule has 190 valence electrons. The lowest BCUT2D eigenvalue weighted by atomic mass is 10.1. The fraction of sp³-hybridized carbons (Fsp3) is 0.125. The number of urea groups is 1. The van der Waals surface area contributed by atoms with Crippen LogP contribution in [0.15, 0.2) is 63.1 Å². The summed E-state index contributed by atoms with van der Waals surface area (Å²) in [6.45, 7) is -0.604. The minimum atomic E-state index is -0.773. The zero-order valence-electron chi connectivity index (χ0n) is 19.0. The molecule has 3 aromatic rings. The van der Waals surface area contributed by atoms with Gasteiger partial charge in [-0.25, -0.2) is 14.0 Å². The van der Waals surface area contributed by atoms with Crippen molar-refractivity contribution in [3.05, 3.63) is 97.3 Å². The second-order valence-corrected chi connectivity index (χ2v) is 8.53. The molecule has 1 aliphatic heterocycles. The quantitative estimate of drug-likeness (QED) is 0.136. The van der Waals surface area contributed by atoms with Gasteiger partial charge in [0.25, 0.3) is 5.91 Å². The maximum absolute atomic E-state index is 14.1. The minimum Gasteiger partial charge on any atom is -0.481 e. The molecule has 0 aliphatic carbocycles. The first-order valence-electron chi connectivity index (χ1n) is 10.5. The normalized spacial score (nSPS) is 14.1. The van der Waals surface area contributed by atoms with E-state index in [2.05, 4.69) is 26.0 Å². The summed E-state index contributed by atoms with van der Waals surface area (Å²) in [5.74, 6) is -2.19. The third-order valence-electron chi connectivity index (χ3n) is 5.21. The van der Waals surface area contributed by atoms with Gasteiger partial charge < -0.3 is 19.2 Å². The molecule has 0 spiro atoms. The van der Waals surface area contributed by atoms with Crippen LogP contribution in [0.2, 0.25) is 0 Å². The number of methoxy groups -OCH3 is 1. The summed E-state index contributed by atoms with van der Waals surface area (Å²) in [6, 6.07) is 10.4. The first-order valence-corrected chi connectivity index (χ1v) is 11.3. The lowest BCUT2D eigenvalue weighted by Gasteiger charge is -2.12. The minimum absolute atomic E-state index is 0.0916. The smallest absolute Gasteiger partial charge is 0.373 e. The number of benzene rings is 2. The van der Waals surface area contributed by atoms with E-state index in [0.717, 1.165) is 4.90 Å². The molecule has 0 bridgehead atoms. The number of halogens is 2. The Kier molecular flexibility index (Phi) is 7.34. The zero-order chi connectivity index (χ0) is 26.7. The van der Waals surface area contributed by atoms with Gasteiger partial charge in [-0.3, -0.25) is 19.8 Å². The van der Waals surface area contributed by atoms with Gasteiger partial charge in [-0.05, 0) is 30.3 Å². The van der Waals surface area contributed by atoms with E-state index in [0.29, 0.717) is 4.47 Å². The van der Waals surface area contributed by atoms with Gasteiger partial charge in [-0.1, -0.05) is 34.1 Å². The second-order valence-electron chi connectivity index (χ2n) is 7.62. The highest BCUT2D eigenvalue weighted by molar-refractivity contribution is 9.10. The average molecular weight is 574 g/mol. The van der Waals surface area contributed by atoms with Gasteiger partial charge in [0, 0.05) is 21.7 Å². The number of nitro groups is 1. The van der Waals surface area contributed by atoms with Crippen LogP contribution >= 0.6 is 15.9 Å². The van der Waals surface area contributed by atoms with E-state index in [-0.39, 0.29) is 47.2 Å². The molecule has 1 saturated heterocycles. The Morgan fingerprint density at radius 2 is 2.00 bits per heavy atom. The largest absolute Gasteiger partial charge is 0.481 e. The molecule has 0 atom stereocenters. The molecule has 2 heterocycles. The van der Waals surface area contributed by atoms with Crippen molar-refractivity contribution in [2.45, 2.75) is 13.2 Å². The average Bonchev–Trinajstić information content (AvgIpc) is 3.44. The van der Waals surface area contributed by atoms with Gasteiger partial charge >= 0.3 is 17.7 Å². The highest BCUT2D eigenvalue weighted by Gasteiger charge is 2.35. The number of imide groups is 1. The molecule has 3 amide bonds. The summed E-state index contributed by atoms with van der Waals surface area (Å²) in [4.78, 5) is 48.9. The van der Waals surface area contributed by atoms with Crippen molar-refractivity contribution in [3.8, 4) is 5.75 Å². The van der Waals surface area contributed by atoms with Crippen molar-refractivity contribution in [1.29, 1.82) is 0 Å². The van der Waals surface area contributed by atoms with Crippen LogP contribution in [-0.2, 0) is 22.7 Å². The molecular weight excluding hydrogens is 557 g/mol. The molecule has 0 saturated carbocycles. The van der Waals surface area contributed by atoms with E-state index in [1.165, 1.54) is 55.7 Å². The number of furan rings is 1. The van der Waals surface area contributed by atoms with Crippen LogP contribution in [0.5, 0.6) is 5.75 Å². The van der Waals surface area contributed by atoms with E-state index in [4.69, 9.17) is 9.15 Å². The highest BCUT2D eigenvalue weighted by atomic mass is 79.9. The first-order chi connectivity index (χ1) is 17.7. The molecule has 1 fully saturated rings. The number of amides is 3. The van der Waals surface area contributed by atoms with Crippen LogP contribution < -0.4 is 10.1 Å². The van der Waals surface area contributed by atoms with E-state index in [9.17, 15) is 28.9 Å². The first kappa shape index (κ1) is 25.6. The number of ether oxygens (including phenoxy) is 2. The number of nitro benzene ring substituents is 1. The van der Waals surface area contributed by atoms with Crippen molar-refractivity contribution >= 4 is 45.6 Å². The molecule has 2 aromatic carbocycles. The molecule has 0 unspecified atom stereocenters. The Morgan fingerprint density at radius 1 is 1.24 bits per heavy atom. The van der Waals surface area contributed by atoms with Gasteiger partial charge in [0.1, 0.15) is 23.9 Å². The summed E-state index contributed by atoms with van der Waals surface area (Å²) in [5.41, 5.74) is -0.363. The lowest BCUT2D eigenvalue weighted by Crippen LogP contribution is -2.30. The van der Waals surface area contributed by atoms with E-state index in [1.54, 1.807) is 6.07 Å². The van der Waals surface area contributed by atoms with Crippen molar-refractivity contribution in [2.75, 3.05) is 7.11 Å². The molecule has 13 heteroatoms. The fourth-order valence-electron chi connectivity index (χ4n) is 3.47. The number of esters is 1. The molecular formula is C24H17BrFN3O8. The van der Waals surface area contributed by atoms with Crippen molar-refractivity contribution in [3.63, 3.8) is 0 Å². The van der Waals surface area contributed by atoms with Crippen molar-refractivity contribution < 1.29 is 37.6 Å². The molecule has 0 radical (unpaired) electrons. The lowest BCUT2D eigenvalue weighted by molar-refractivity contribution is -0.386. The molecule has 37 heavy (non-hydrogen) atoms. The molecule has 4 rings (SSSR count). The number of rotatable bonds is 8. The predicted molar refractivity (Wildman–Crippen MR) is 129 cm³/mol. The van der Waals surface area contributed by atoms with Gasteiger partial charge in [-0.15, -0.1) is 0 Å². The van der Waals surface area contributed by atoms with Gasteiger partial charge in [-0.2, -0.15) is 0 Å². The standard InChI is InChI=1S/C24H17BrFN3O8/c1-35-23(31)20-7-6-16(37-20)11-28-22(30)18(27-24(28)32)9-14-8-15(25)10-19(29(33)34)21(14)36-12-13-4-2-3-5-17(13)26/h2-10H,11-12H2,1H3,(H,27,32)/b18-9-. The highest BCUT2D eigenvalue weighted by Crippen LogP contribution is 2.37. The number of carbonyl (C=O) groups excluding carboxylic acids is 3. The Balaban J connectivity index is 1.64. The van der Waals surface area contributed by atoms with Crippen LogP contribution in [-0.4, -0.2) is 34.8 Å². The fourth-order valence-corrected chi connectivity index (χ4v) is 3.93. The summed E-state index contributed by atoms with van der Waals surface area (Å²) < 4.78 is 29.9. The third kappa shape index (κ3) is 5.51. The topological polar surface area (TPSA) is 141 Å². The number of nitrogens with one attached hydrogen (secondary N) is 1. The molecule has 11 nitrogen and oxygen atoms in total. The Labute approximate surface area is 216 Å². The van der Waals surface area contributed by atoms with Crippen LogP contribution in [0.25, 0.3) is 6.08 Å².